The predicted octanol–water partition coefficient (Wildman–Crippen LogP) is 3.69. The molecule has 0 saturated carbocycles. The SMILES string of the molecule is COc1ccc(Br)cc1/C=N/NC(=O)c1cc(Br)ccc1O. The highest BCUT2D eigenvalue weighted by Crippen LogP contribution is 2.22. The molecule has 2 aromatic rings. The van der Waals surface area contributed by atoms with E-state index in [-0.39, 0.29) is 11.3 Å². The Labute approximate surface area is 144 Å². The highest BCUT2D eigenvalue weighted by molar-refractivity contribution is 9.10. The second kappa shape index (κ2) is 7.42. The number of benzene rings is 2. The van der Waals surface area contributed by atoms with Crippen LogP contribution in [0.2, 0.25) is 0 Å². The van der Waals surface area contributed by atoms with Crippen molar-refractivity contribution in [3.63, 3.8) is 0 Å². The zero-order chi connectivity index (χ0) is 16.1. The molecule has 0 atom stereocenters. The summed E-state index contributed by atoms with van der Waals surface area (Å²) in [6.45, 7) is 0. The minimum atomic E-state index is -0.510. The van der Waals surface area contributed by atoms with Crippen molar-refractivity contribution in [2.75, 3.05) is 7.11 Å². The number of phenols is 1. The Morgan fingerprint density at radius 1 is 1.23 bits per heavy atom. The van der Waals surface area contributed by atoms with Gasteiger partial charge in [0.1, 0.15) is 11.5 Å². The van der Waals surface area contributed by atoms with Crippen molar-refractivity contribution in [1.29, 1.82) is 0 Å². The van der Waals surface area contributed by atoms with Crippen LogP contribution in [0, 0.1) is 0 Å². The molecule has 0 aromatic heterocycles. The zero-order valence-corrected chi connectivity index (χ0v) is 14.7. The topological polar surface area (TPSA) is 70.9 Å². The number of nitrogens with zero attached hydrogens (tertiary/aromatic N) is 1. The van der Waals surface area contributed by atoms with Gasteiger partial charge in [0.25, 0.3) is 5.91 Å². The molecule has 2 N–H and O–H groups in total. The van der Waals surface area contributed by atoms with E-state index in [4.69, 9.17) is 4.74 Å². The first-order valence-electron chi connectivity index (χ1n) is 6.16. The molecule has 1 amide bonds. The molecular formula is C15H12Br2N2O3. The van der Waals surface area contributed by atoms with Crippen LogP contribution in [0.4, 0.5) is 0 Å². The van der Waals surface area contributed by atoms with Gasteiger partial charge in [0.2, 0.25) is 0 Å². The lowest BCUT2D eigenvalue weighted by atomic mass is 10.2. The smallest absolute Gasteiger partial charge is 0.275 e. The fraction of sp³-hybridized carbons (Fsp3) is 0.0667. The summed E-state index contributed by atoms with van der Waals surface area (Å²) in [6, 6.07) is 10.0. The van der Waals surface area contributed by atoms with Gasteiger partial charge in [-0.2, -0.15) is 5.10 Å². The summed E-state index contributed by atoms with van der Waals surface area (Å²) in [5.74, 6) is 0.00597. The molecule has 0 aliphatic carbocycles. The first-order chi connectivity index (χ1) is 10.5. The number of nitrogens with one attached hydrogen (secondary N) is 1. The Hall–Kier alpha value is -1.86. The number of phenolic OH excluding ortho intramolecular Hbond substituents is 1. The molecule has 0 saturated heterocycles. The molecule has 0 heterocycles. The van der Waals surface area contributed by atoms with E-state index in [2.05, 4.69) is 42.4 Å². The number of carbonyl (C=O) groups excluding carboxylic acids is 1. The number of hydrogen-bond acceptors (Lipinski definition) is 4. The fourth-order valence-electron chi connectivity index (χ4n) is 1.72. The van der Waals surface area contributed by atoms with Gasteiger partial charge in [-0.05, 0) is 36.4 Å². The van der Waals surface area contributed by atoms with Gasteiger partial charge in [-0.15, -0.1) is 0 Å². The molecule has 7 heteroatoms. The molecule has 0 aliphatic rings. The first-order valence-corrected chi connectivity index (χ1v) is 7.75. The van der Waals surface area contributed by atoms with Crippen molar-refractivity contribution in [3.8, 4) is 11.5 Å². The molecule has 0 spiro atoms. The van der Waals surface area contributed by atoms with Crippen LogP contribution in [0.25, 0.3) is 0 Å². The number of hydrazone groups is 1. The number of hydrogen-bond donors (Lipinski definition) is 2. The summed E-state index contributed by atoms with van der Waals surface area (Å²) in [5.41, 5.74) is 3.20. The van der Waals surface area contributed by atoms with E-state index in [1.54, 1.807) is 19.2 Å². The van der Waals surface area contributed by atoms with Crippen LogP contribution in [0.15, 0.2) is 50.4 Å². The van der Waals surface area contributed by atoms with Gasteiger partial charge >= 0.3 is 0 Å². The summed E-state index contributed by atoms with van der Waals surface area (Å²) in [6.07, 6.45) is 1.47. The van der Waals surface area contributed by atoms with Gasteiger partial charge in [-0.3, -0.25) is 4.79 Å². The third-order valence-electron chi connectivity index (χ3n) is 2.76. The third-order valence-corrected chi connectivity index (χ3v) is 3.75. The molecule has 0 bridgehead atoms. The first kappa shape index (κ1) is 16.5. The van der Waals surface area contributed by atoms with Crippen LogP contribution < -0.4 is 10.2 Å². The van der Waals surface area contributed by atoms with E-state index in [9.17, 15) is 9.90 Å². The van der Waals surface area contributed by atoms with E-state index in [0.717, 1.165) is 4.47 Å². The summed E-state index contributed by atoms with van der Waals surface area (Å²) in [7, 11) is 1.55. The van der Waals surface area contributed by atoms with Crippen LogP contribution >= 0.6 is 31.9 Å². The van der Waals surface area contributed by atoms with E-state index in [1.165, 1.54) is 18.3 Å². The number of carbonyl (C=O) groups is 1. The molecule has 2 rings (SSSR count). The molecule has 5 nitrogen and oxygen atoms in total. The second-order valence-electron chi connectivity index (χ2n) is 4.25. The van der Waals surface area contributed by atoms with Crippen LogP contribution in [0.1, 0.15) is 15.9 Å². The normalized spacial score (nSPS) is 10.7. The Morgan fingerprint density at radius 2 is 1.91 bits per heavy atom. The highest BCUT2D eigenvalue weighted by atomic mass is 79.9. The summed E-state index contributed by atoms with van der Waals surface area (Å²) >= 11 is 6.60. The second-order valence-corrected chi connectivity index (χ2v) is 6.08. The molecule has 0 radical (unpaired) electrons. The Bertz CT molecular complexity index is 733. The molecule has 0 fully saturated rings. The number of aromatic hydroxyl groups is 1. The van der Waals surface area contributed by atoms with Gasteiger partial charge in [0.05, 0.1) is 18.9 Å². The lowest BCUT2D eigenvalue weighted by molar-refractivity contribution is 0.0952. The fourth-order valence-corrected chi connectivity index (χ4v) is 2.46. The van der Waals surface area contributed by atoms with Crippen LogP contribution in [0.3, 0.4) is 0 Å². The Morgan fingerprint density at radius 3 is 2.64 bits per heavy atom. The summed E-state index contributed by atoms with van der Waals surface area (Å²) < 4.78 is 6.76. The maximum atomic E-state index is 12.0. The molecule has 0 unspecified atom stereocenters. The van der Waals surface area contributed by atoms with Crippen molar-refractivity contribution in [2.45, 2.75) is 0 Å². The van der Waals surface area contributed by atoms with Crippen molar-refractivity contribution in [1.82, 2.24) is 5.43 Å². The average Bonchev–Trinajstić information content (AvgIpc) is 2.50. The van der Waals surface area contributed by atoms with Gasteiger partial charge in [-0.1, -0.05) is 31.9 Å². The Balaban J connectivity index is 2.14. The number of ether oxygens (including phenoxy) is 1. The highest BCUT2D eigenvalue weighted by Gasteiger charge is 2.10. The standard InChI is InChI=1S/C15H12Br2N2O3/c1-22-14-5-3-10(16)6-9(14)8-18-19-15(21)12-7-11(17)2-4-13(12)20/h2-8,20H,1H3,(H,19,21)/b18-8+. The number of methoxy groups -OCH3 is 1. The third kappa shape index (κ3) is 4.08. The minimum absolute atomic E-state index is 0.115. The van der Waals surface area contributed by atoms with Crippen LogP contribution in [-0.4, -0.2) is 24.3 Å². The minimum Gasteiger partial charge on any atom is -0.507 e. The van der Waals surface area contributed by atoms with E-state index < -0.39 is 5.91 Å². The molecule has 22 heavy (non-hydrogen) atoms. The van der Waals surface area contributed by atoms with E-state index >= 15 is 0 Å². The maximum absolute atomic E-state index is 12.0. The maximum Gasteiger partial charge on any atom is 0.275 e. The van der Waals surface area contributed by atoms with Gasteiger partial charge < -0.3 is 9.84 Å². The van der Waals surface area contributed by atoms with Gasteiger partial charge in [0.15, 0.2) is 0 Å². The van der Waals surface area contributed by atoms with E-state index in [0.29, 0.717) is 15.8 Å². The van der Waals surface area contributed by atoms with Crippen LogP contribution in [0.5, 0.6) is 11.5 Å². The monoisotopic (exact) mass is 426 g/mol. The zero-order valence-electron chi connectivity index (χ0n) is 11.5. The van der Waals surface area contributed by atoms with Gasteiger partial charge in [0, 0.05) is 14.5 Å². The predicted molar refractivity (Wildman–Crippen MR) is 91.6 cm³/mol. The molecular weight excluding hydrogens is 416 g/mol. The quantitative estimate of drug-likeness (QED) is 0.577. The van der Waals surface area contributed by atoms with Crippen molar-refractivity contribution >= 4 is 44.0 Å². The molecule has 2 aromatic carbocycles. The Kier molecular flexibility index (Phi) is 5.57. The largest absolute Gasteiger partial charge is 0.507 e. The lowest BCUT2D eigenvalue weighted by Gasteiger charge is -2.05. The van der Waals surface area contributed by atoms with Crippen molar-refractivity contribution < 1.29 is 14.6 Å². The summed E-state index contributed by atoms with van der Waals surface area (Å²) in [5, 5.41) is 13.6. The molecule has 114 valence electrons. The van der Waals surface area contributed by atoms with Crippen molar-refractivity contribution in [3.05, 3.63) is 56.5 Å². The van der Waals surface area contributed by atoms with Gasteiger partial charge in [-0.25, -0.2) is 5.43 Å². The number of halogens is 2. The van der Waals surface area contributed by atoms with Crippen LogP contribution in [-0.2, 0) is 0 Å². The number of amides is 1. The van der Waals surface area contributed by atoms with E-state index in [1.807, 2.05) is 12.1 Å². The molecule has 0 aliphatic heterocycles. The average molecular weight is 428 g/mol. The van der Waals surface area contributed by atoms with Crippen molar-refractivity contribution in [2.24, 2.45) is 5.10 Å². The number of rotatable bonds is 4. The summed E-state index contributed by atoms with van der Waals surface area (Å²) in [4.78, 5) is 12.0. The lowest BCUT2D eigenvalue weighted by Crippen LogP contribution is -2.17.